The summed E-state index contributed by atoms with van der Waals surface area (Å²) in [5.41, 5.74) is 0. The molecule has 9 heteroatoms. The van der Waals surface area contributed by atoms with Gasteiger partial charge in [-0.2, -0.15) is 0 Å². The van der Waals surface area contributed by atoms with Gasteiger partial charge in [-0.1, -0.05) is 232 Å². The number of hydrogen-bond donors (Lipinski definition) is 7. The summed E-state index contributed by atoms with van der Waals surface area (Å²) >= 11 is 0. The van der Waals surface area contributed by atoms with E-state index in [1.54, 1.807) is 0 Å². The van der Waals surface area contributed by atoms with E-state index < -0.39 is 48.6 Å². The largest absolute Gasteiger partial charge is 0.396 e. The second-order valence-electron chi connectivity index (χ2n) is 19.0. The van der Waals surface area contributed by atoms with Crippen LogP contribution in [0.5, 0.6) is 0 Å². The standard InChI is InChI=1S/C51H101NO8/c1-3-5-7-9-11-13-15-17-18-19-20-21-22-23-24-25-26-27-29-31-33-35-37-39-47(55)52-44(42-60-46-40-43(41-53)48(56)51(59)50(46)58)49(57)45(54)38-36-34-32-30-28-16-14-12-10-8-6-4-2/h43-46,48-51,53-54,56-59H,3-42H2,1-2H3,(H,52,55)/t43?,44-,45+,46+,48?,49-,50?,51?/m0/s1. The Morgan fingerprint density at radius 2 is 0.867 bits per heavy atom. The number of aliphatic hydroxyl groups excluding tert-OH is 6. The third-order valence-corrected chi connectivity index (χ3v) is 13.3. The van der Waals surface area contributed by atoms with E-state index in [0.29, 0.717) is 12.8 Å². The Kier molecular flexibility index (Phi) is 39.0. The molecule has 0 saturated heterocycles. The highest BCUT2D eigenvalue weighted by Gasteiger charge is 2.43. The predicted molar refractivity (Wildman–Crippen MR) is 249 cm³/mol. The Balaban J connectivity index is 2.26. The molecule has 0 aliphatic heterocycles. The van der Waals surface area contributed by atoms with Gasteiger partial charge in [0.25, 0.3) is 0 Å². The number of hydrogen-bond acceptors (Lipinski definition) is 8. The number of ether oxygens (including phenoxy) is 1. The second-order valence-corrected chi connectivity index (χ2v) is 19.0. The molecule has 7 N–H and O–H groups in total. The molecule has 1 rings (SSSR count). The van der Waals surface area contributed by atoms with Gasteiger partial charge < -0.3 is 40.7 Å². The fourth-order valence-corrected chi connectivity index (χ4v) is 9.06. The average molecular weight is 856 g/mol. The van der Waals surface area contributed by atoms with Gasteiger partial charge in [-0.15, -0.1) is 0 Å². The molecule has 1 saturated carbocycles. The average Bonchev–Trinajstić information content (AvgIpc) is 3.25. The van der Waals surface area contributed by atoms with E-state index in [0.717, 1.165) is 38.5 Å². The molecule has 0 heterocycles. The van der Waals surface area contributed by atoms with Gasteiger partial charge >= 0.3 is 0 Å². The maximum atomic E-state index is 13.1. The van der Waals surface area contributed by atoms with E-state index in [2.05, 4.69) is 19.2 Å². The molecule has 0 aromatic carbocycles. The van der Waals surface area contributed by atoms with Crippen LogP contribution in [-0.4, -0.2) is 92.4 Å². The summed E-state index contributed by atoms with van der Waals surface area (Å²) in [6, 6.07) is -0.905. The third-order valence-electron chi connectivity index (χ3n) is 13.3. The van der Waals surface area contributed by atoms with E-state index in [1.807, 2.05) is 0 Å². The van der Waals surface area contributed by atoms with Crippen LogP contribution in [0.4, 0.5) is 0 Å². The molecule has 0 radical (unpaired) electrons. The zero-order valence-corrected chi connectivity index (χ0v) is 39.4. The van der Waals surface area contributed by atoms with Gasteiger partial charge in [0.15, 0.2) is 0 Å². The first-order chi connectivity index (χ1) is 29.3. The fraction of sp³-hybridized carbons (Fsp3) is 0.980. The van der Waals surface area contributed by atoms with Crippen molar-refractivity contribution in [2.75, 3.05) is 13.2 Å². The fourth-order valence-electron chi connectivity index (χ4n) is 9.06. The number of amides is 1. The van der Waals surface area contributed by atoms with Crippen LogP contribution in [0.15, 0.2) is 0 Å². The third kappa shape index (κ3) is 30.3. The van der Waals surface area contributed by atoms with Crippen LogP contribution in [0.3, 0.4) is 0 Å². The zero-order chi connectivity index (χ0) is 43.9. The van der Waals surface area contributed by atoms with E-state index in [9.17, 15) is 35.4 Å². The number of carbonyl (C=O) groups is 1. The SMILES string of the molecule is CCCCCCCCCCCCCCCCCCCCCCCCCC(=O)N[C@@H](CO[C@@H]1CC(CO)C(O)C(O)C1O)[C@H](O)[C@H](O)CCCCCCCCCCCCCC. The van der Waals surface area contributed by atoms with Crippen LogP contribution in [0.1, 0.15) is 258 Å². The molecule has 1 amide bonds. The van der Waals surface area contributed by atoms with Crippen molar-refractivity contribution in [2.24, 2.45) is 5.92 Å². The summed E-state index contributed by atoms with van der Waals surface area (Å²) in [5.74, 6) is -0.877. The number of nitrogens with one attached hydrogen (secondary N) is 1. The summed E-state index contributed by atoms with van der Waals surface area (Å²) in [4.78, 5) is 13.1. The van der Waals surface area contributed by atoms with Gasteiger partial charge in [-0.05, 0) is 19.3 Å². The number of rotatable bonds is 44. The topological polar surface area (TPSA) is 160 Å². The number of carbonyl (C=O) groups excluding carboxylic acids is 1. The molecule has 1 aliphatic rings. The summed E-state index contributed by atoms with van der Waals surface area (Å²) < 4.78 is 5.93. The second kappa shape index (κ2) is 40.9. The summed E-state index contributed by atoms with van der Waals surface area (Å²) in [7, 11) is 0. The van der Waals surface area contributed by atoms with Crippen LogP contribution < -0.4 is 5.32 Å². The Bertz CT molecular complexity index is 924. The minimum absolute atomic E-state index is 0.119. The molecule has 358 valence electrons. The van der Waals surface area contributed by atoms with Gasteiger partial charge in [0.2, 0.25) is 5.91 Å². The van der Waals surface area contributed by atoms with Crippen LogP contribution >= 0.6 is 0 Å². The lowest BCUT2D eigenvalue weighted by molar-refractivity contribution is -0.182. The van der Waals surface area contributed by atoms with Gasteiger partial charge in [0, 0.05) is 18.9 Å². The molecular weight excluding hydrogens is 755 g/mol. The maximum absolute atomic E-state index is 13.1. The maximum Gasteiger partial charge on any atom is 0.220 e. The van der Waals surface area contributed by atoms with Crippen LogP contribution in [-0.2, 0) is 9.53 Å². The minimum Gasteiger partial charge on any atom is -0.396 e. The smallest absolute Gasteiger partial charge is 0.220 e. The summed E-state index contributed by atoms with van der Waals surface area (Å²) in [5, 5.41) is 65.8. The van der Waals surface area contributed by atoms with Crippen molar-refractivity contribution >= 4 is 5.91 Å². The van der Waals surface area contributed by atoms with E-state index in [1.165, 1.54) is 186 Å². The van der Waals surface area contributed by atoms with Gasteiger partial charge in [-0.25, -0.2) is 0 Å². The summed E-state index contributed by atoms with van der Waals surface area (Å²) in [6.07, 6.45) is 38.3. The van der Waals surface area contributed by atoms with Crippen molar-refractivity contribution < 1.29 is 40.2 Å². The molecule has 0 aromatic heterocycles. The molecule has 0 spiro atoms. The first-order valence-electron chi connectivity index (χ1n) is 26.2. The zero-order valence-electron chi connectivity index (χ0n) is 39.4. The quantitative estimate of drug-likeness (QED) is 0.0298. The Morgan fingerprint density at radius 1 is 0.517 bits per heavy atom. The molecule has 9 nitrogen and oxygen atoms in total. The van der Waals surface area contributed by atoms with Crippen molar-refractivity contribution in [1.82, 2.24) is 5.32 Å². The molecule has 8 atom stereocenters. The highest BCUT2D eigenvalue weighted by molar-refractivity contribution is 5.76. The molecule has 0 aromatic rings. The molecular formula is C51H101NO8. The summed E-state index contributed by atoms with van der Waals surface area (Å²) in [6.45, 7) is 3.98. The normalized spacial score (nSPS) is 21.0. The number of aliphatic hydroxyl groups is 6. The Hall–Kier alpha value is -0.810. The first kappa shape index (κ1) is 57.2. The monoisotopic (exact) mass is 856 g/mol. The van der Waals surface area contributed by atoms with E-state index >= 15 is 0 Å². The molecule has 60 heavy (non-hydrogen) atoms. The molecule has 0 bridgehead atoms. The van der Waals surface area contributed by atoms with Crippen LogP contribution in [0.25, 0.3) is 0 Å². The lowest BCUT2D eigenvalue weighted by atomic mass is 9.81. The highest BCUT2D eigenvalue weighted by Crippen LogP contribution is 2.28. The van der Waals surface area contributed by atoms with Crippen molar-refractivity contribution in [3.8, 4) is 0 Å². The highest BCUT2D eigenvalue weighted by atomic mass is 16.5. The minimum atomic E-state index is -1.48. The number of unbranched alkanes of at least 4 members (excludes halogenated alkanes) is 33. The van der Waals surface area contributed by atoms with Gasteiger partial charge in [-0.3, -0.25) is 4.79 Å². The van der Waals surface area contributed by atoms with Crippen molar-refractivity contribution in [2.45, 2.75) is 301 Å². The van der Waals surface area contributed by atoms with Crippen molar-refractivity contribution in [3.05, 3.63) is 0 Å². The Morgan fingerprint density at radius 3 is 1.23 bits per heavy atom. The molecule has 1 aliphatic carbocycles. The van der Waals surface area contributed by atoms with Gasteiger partial charge in [0.05, 0.1) is 31.0 Å². The lowest BCUT2D eigenvalue weighted by Crippen LogP contribution is -2.57. The Labute approximate surface area is 370 Å². The van der Waals surface area contributed by atoms with Crippen molar-refractivity contribution in [3.63, 3.8) is 0 Å². The van der Waals surface area contributed by atoms with Crippen LogP contribution in [0, 0.1) is 5.92 Å². The van der Waals surface area contributed by atoms with Gasteiger partial charge in [0.1, 0.15) is 18.3 Å². The van der Waals surface area contributed by atoms with Crippen LogP contribution in [0.2, 0.25) is 0 Å². The molecule has 1 fully saturated rings. The predicted octanol–water partition coefficient (Wildman–Crippen LogP) is 11.1. The van der Waals surface area contributed by atoms with E-state index in [4.69, 9.17) is 4.74 Å². The lowest BCUT2D eigenvalue weighted by Gasteiger charge is -2.40. The van der Waals surface area contributed by atoms with Crippen molar-refractivity contribution in [1.29, 1.82) is 0 Å². The first-order valence-corrected chi connectivity index (χ1v) is 26.2. The molecule has 4 unspecified atom stereocenters. The van der Waals surface area contributed by atoms with E-state index in [-0.39, 0.29) is 25.5 Å².